The molecule has 0 spiro atoms. The van der Waals surface area contributed by atoms with Gasteiger partial charge in [0.05, 0.1) is 4.90 Å². The lowest BCUT2D eigenvalue weighted by Gasteiger charge is -2.09. The molecule has 4 heteroatoms. The minimum absolute atomic E-state index is 0.333. The van der Waals surface area contributed by atoms with Crippen molar-refractivity contribution >= 4 is 10.0 Å². The van der Waals surface area contributed by atoms with Crippen LogP contribution in [0.3, 0.4) is 0 Å². The number of hydrogen-bond acceptors (Lipinski definition) is 2. The molecule has 0 radical (unpaired) electrons. The maximum Gasteiger partial charge on any atom is 0.240 e. The van der Waals surface area contributed by atoms with Gasteiger partial charge in [-0.2, -0.15) is 0 Å². The van der Waals surface area contributed by atoms with Crippen LogP contribution in [0.2, 0.25) is 0 Å². The van der Waals surface area contributed by atoms with Crippen molar-refractivity contribution in [3.8, 4) is 0 Å². The molecule has 0 bridgehead atoms. The Morgan fingerprint density at radius 1 is 1.25 bits per heavy atom. The highest BCUT2D eigenvalue weighted by Crippen LogP contribution is 2.09. The van der Waals surface area contributed by atoms with Crippen molar-refractivity contribution in [3.05, 3.63) is 30.3 Å². The van der Waals surface area contributed by atoms with Gasteiger partial charge < -0.3 is 0 Å². The molecule has 0 saturated carbocycles. The van der Waals surface area contributed by atoms with E-state index < -0.39 is 10.0 Å². The molecule has 0 heterocycles. The summed E-state index contributed by atoms with van der Waals surface area (Å²) in [5.41, 5.74) is 0. The van der Waals surface area contributed by atoms with Crippen LogP contribution in [0.25, 0.3) is 0 Å². The SMILES string of the molecule is CCC(C)CCNS(=O)(=O)c1ccccc1. The van der Waals surface area contributed by atoms with Gasteiger partial charge in [-0.15, -0.1) is 0 Å². The Morgan fingerprint density at radius 3 is 2.44 bits per heavy atom. The average Bonchev–Trinajstić information content (AvgIpc) is 2.30. The molecule has 3 nitrogen and oxygen atoms in total. The summed E-state index contributed by atoms with van der Waals surface area (Å²) in [7, 11) is -3.31. The fourth-order valence-corrected chi connectivity index (χ4v) is 2.40. The Balaban J connectivity index is 2.54. The van der Waals surface area contributed by atoms with Gasteiger partial charge >= 0.3 is 0 Å². The van der Waals surface area contributed by atoms with Crippen LogP contribution in [0.5, 0.6) is 0 Å². The Morgan fingerprint density at radius 2 is 1.88 bits per heavy atom. The summed E-state index contributed by atoms with van der Waals surface area (Å²) >= 11 is 0. The molecular weight excluding hydrogens is 222 g/mol. The highest BCUT2D eigenvalue weighted by atomic mass is 32.2. The number of rotatable bonds is 6. The topological polar surface area (TPSA) is 46.2 Å². The molecule has 0 saturated heterocycles. The van der Waals surface area contributed by atoms with Crippen LogP contribution in [0.4, 0.5) is 0 Å². The van der Waals surface area contributed by atoms with Gasteiger partial charge in [0, 0.05) is 6.54 Å². The van der Waals surface area contributed by atoms with E-state index in [1.165, 1.54) is 0 Å². The van der Waals surface area contributed by atoms with Gasteiger partial charge in [0.2, 0.25) is 10.0 Å². The molecule has 1 N–H and O–H groups in total. The summed E-state index contributed by atoms with van der Waals surface area (Å²) in [6.07, 6.45) is 1.95. The molecule has 0 aliphatic rings. The first-order chi connectivity index (χ1) is 7.56. The molecule has 90 valence electrons. The molecule has 0 amide bonds. The van der Waals surface area contributed by atoms with E-state index >= 15 is 0 Å². The Bertz CT molecular complexity index is 400. The first-order valence-electron chi connectivity index (χ1n) is 5.61. The molecule has 1 rings (SSSR count). The second-order valence-electron chi connectivity index (χ2n) is 4.01. The molecule has 16 heavy (non-hydrogen) atoms. The van der Waals surface area contributed by atoms with Gasteiger partial charge in [-0.1, -0.05) is 38.5 Å². The summed E-state index contributed by atoms with van der Waals surface area (Å²) in [5.74, 6) is 0.554. The number of benzene rings is 1. The van der Waals surface area contributed by atoms with Crippen molar-refractivity contribution in [2.75, 3.05) is 6.54 Å². The fraction of sp³-hybridized carbons (Fsp3) is 0.500. The van der Waals surface area contributed by atoms with E-state index in [9.17, 15) is 8.42 Å². The van der Waals surface area contributed by atoms with Crippen molar-refractivity contribution in [2.45, 2.75) is 31.6 Å². The van der Waals surface area contributed by atoms with Crippen molar-refractivity contribution in [2.24, 2.45) is 5.92 Å². The van der Waals surface area contributed by atoms with Crippen molar-refractivity contribution in [1.82, 2.24) is 4.72 Å². The lowest BCUT2D eigenvalue weighted by molar-refractivity contribution is 0.506. The Hall–Kier alpha value is -0.870. The van der Waals surface area contributed by atoms with Crippen LogP contribution >= 0.6 is 0 Å². The number of sulfonamides is 1. The molecule has 0 aliphatic carbocycles. The van der Waals surface area contributed by atoms with E-state index in [0.717, 1.165) is 12.8 Å². The zero-order valence-corrected chi connectivity index (χ0v) is 10.6. The fourth-order valence-electron chi connectivity index (χ4n) is 1.33. The number of hydrogen-bond donors (Lipinski definition) is 1. The summed E-state index contributed by atoms with van der Waals surface area (Å²) in [5, 5.41) is 0. The smallest absolute Gasteiger partial charge is 0.211 e. The van der Waals surface area contributed by atoms with Crippen LogP contribution < -0.4 is 4.72 Å². The summed E-state index contributed by atoms with van der Waals surface area (Å²) in [6, 6.07) is 8.46. The second-order valence-corrected chi connectivity index (χ2v) is 5.78. The van der Waals surface area contributed by atoms with Gasteiger partial charge in [0.25, 0.3) is 0 Å². The van der Waals surface area contributed by atoms with Gasteiger partial charge in [0.15, 0.2) is 0 Å². The zero-order valence-electron chi connectivity index (χ0n) is 9.81. The van der Waals surface area contributed by atoms with Crippen LogP contribution in [-0.2, 0) is 10.0 Å². The standard InChI is InChI=1S/C12H19NO2S/c1-3-11(2)9-10-13-16(14,15)12-7-5-4-6-8-12/h4-8,11,13H,3,9-10H2,1-2H3. The third-order valence-electron chi connectivity index (χ3n) is 2.68. The monoisotopic (exact) mass is 241 g/mol. The van der Waals surface area contributed by atoms with E-state index in [0.29, 0.717) is 17.4 Å². The largest absolute Gasteiger partial charge is 0.240 e. The highest BCUT2D eigenvalue weighted by Gasteiger charge is 2.12. The predicted octanol–water partition coefficient (Wildman–Crippen LogP) is 2.40. The van der Waals surface area contributed by atoms with E-state index in [1.54, 1.807) is 30.3 Å². The van der Waals surface area contributed by atoms with Crippen molar-refractivity contribution in [3.63, 3.8) is 0 Å². The molecule has 1 aromatic carbocycles. The van der Waals surface area contributed by atoms with Crippen LogP contribution in [0.15, 0.2) is 35.2 Å². The molecule has 1 atom stereocenters. The Kier molecular flexibility index (Phi) is 4.96. The lowest BCUT2D eigenvalue weighted by atomic mass is 10.1. The summed E-state index contributed by atoms with van der Waals surface area (Å²) < 4.78 is 26.2. The normalized spacial score (nSPS) is 13.6. The maximum absolute atomic E-state index is 11.8. The quantitative estimate of drug-likeness (QED) is 0.831. The van der Waals surface area contributed by atoms with E-state index in [1.807, 2.05) is 0 Å². The lowest BCUT2D eigenvalue weighted by Crippen LogP contribution is -2.25. The predicted molar refractivity (Wildman–Crippen MR) is 65.7 cm³/mol. The number of nitrogens with one attached hydrogen (secondary N) is 1. The minimum atomic E-state index is -3.31. The molecule has 0 aliphatic heterocycles. The summed E-state index contributed by atoms with van der Waals surface area (Å²) in [6.45, 7) is 4.74. The Labute approximate surface area is 97.9 Å². The minimum Gasteiger partial charge on any atom is -0.211 e. The van der Waals surface area contributed by atoms with E-state index in [4.69, 9.17) is 0 Å². The maximum atomic E-state index is 11.8. The van der Waals surface area contributed by atoms with Gasteiger partial charge in [-0.3, -0.25) is 0 Å². The van der Waals surface area contributed by atoms with E-state index in [-0.39, 0.29) is 0 Å². The molecule has 0 fully saturated rings. The summed E-state index contributed by atoms with van der Waals surface area (Å²) in [4.78, 5) is 0.333. The molecule has 1 aromatic rings. The molecule has 0 aromatic heterocycles. The first-order valence-corrected chi connectivity index (χ1v) is 7.09. The van der Waals surface area contributed by atoms with E-state index in [2.05, 4.69) is 18.6 Å². The van der Waals surface area contributed by atoms with Gasteiger partial charge in [-0.25, -0.2) is 13.1 Å². The van der Waals surface area contributed by atoms with Gasteiger partial charge in [0.1, 0.15) is 0 Å². The highest BCUT2D eigenvalue weighted by molar-refractivity contribution is 7.89. The average molecular weight is 241 g/mol. The third kappa shape index (κ3) is 3.94. The first kappa shape index (κ1) is 13.2. The van der Waals surface area contributed by atoms with Crippen LogP contribution in [-0.4, -0.2) is 15.0 Å². The van der Waals surface area contributed by atoms with Crippen molar-refractivity contribution < 1.29 is 8.42 Å². The van der Waals surface area contributed by atoms with Crippen LogP contribution in [0.1, 0.15) is 26.7 Å². The zero-order chi connectivity index (χ0) is 12.0. The third-order valence-corrected chi connectivity index (χ3v) is 4.16. The second kappa shape index (κ2) is 6.01. The van der Waals surface area contributed by atoms with Crippen molar-refractivity contribution in [1.29, 1.82) is 0 Å². The molecular formula is C12H19NO2S. The molecule has 1 unspecified atom stereocenters. The van der Waals surface area contributed by atoms with Crippen LogP contribution in [0, 0.1) is 5.92 Å². The van der Waals surface area contributed by atoms with Gasteiger partial charge in [-0.05, 0) is 24.5 Å².